The van der Waals surface area contributed by atoms with Crippen LogP contribution < -0.4 is 9.64 Å². The lowest BCUT2D eigenvalue weighted by Crippen LogP contribution is -2.26. The molecule has 0 aromatic heterocycles. The molecule has 1 aliphatic heterocycles. The normalized spacial score (nSPS) is 18.3. The molecular formula is C24H24FNO2. The Morgan fingerprint density at radius 1 is 0.964 bits per heavy atom. The number of halogens is 1. The predicted octanol–water partition coefficient (Wildman–Crippen LogP) is 5.21. The van der Waals surface area contributed by atoms with Crippen LogP contribution in [0.15, 0.2) is 60.7 Å². The van der Waals surface area contributed by atoms with Crippen molar-refractivity contribution in [2.45, 2.75) is 18.8 Å². The van der Waals surface area contributed by atoms with Gasteiger partial charge in [0.25, 0.3) is 0 Å². The Morgan fingerprint density at radius 2 is 1.71 bits per heavy atom. The minimum atomic E-state index is -0.212. The average molecular weight is 377 g/mol. The maximum absolute atomic E-state index is 14.8. The molecule has 4 rings (SSSR count). The van der Waals surface area contributed by atoms with Gasteiger partial charge < -0.3 is 14.7 Å². The quantitative estimate of drug-likeness (QED) is 0.680. The maximum atomic E-state index is 14.8. The zero-order chi connectivity index (χ0) is 19.8. The molecule has 3 aromatic rings. The van der Waals surface area contributed by atoms with Crippen LogP contribution in [0.4, 0.5) is 10.1 Å². The summed E-state index contributed by atoms with van der Waals surface area (Å²) in [6.45, 7) is 2.33. The summed E-state index contributed by atoms with van der Waals surface area (Å²) in [6, 6.07) is 18.8. The van der Waals surface area contributed by atoms with Crippen molar-refractivity contribution < 1.29 is 14.2 Å². The van der Waals surface area contributed by atoms with Crippen molar-refractivity contribution in [1.29, 1.82) is 0 Å². The highest BCUT2D eigenvalue weighted by Gasteiger charge is 2.35. The van der Waals surface area contributed by atoms with Gasteiger partial charge >= 0.3 is 0 Å². The molecule has 2 atom stereocenters. The molecular weight excluding hydrogens is 353 g/mol. The van der Waals surface area contributed by atoms with E-state index in [1.165, 1.54) is 6.07 Å². The summed E-state index contributed by atoms with van der Waals surface area (Å²) >= 11 is 0. The van der Waals surface area contributed by atoms with Gasteiger partial charge in [-0.15, -0.1) is 0 Å². The van der Waals surface area contributed by atoms with Crippen LogP contribution in [0.5, 0.6) is 11.5 Å². The topological polar surface area (TPSA) is 32.7 Å². The molecule has 1 heterocycles. The lowest BCUT2D eigenvalue weighted by atomic mass is 9.75. The molecule has 28 heavy (non-hydrogen) atoms. The number of aryl methyl sites for hydroxylation is 1. The van der Waals surface area contributed by atoms with Crippen LogP contribution in [0.1, 0.15) is 34.1 Å². The second kappa shape index (κ2) is 7.19. The summed E-state index contributed by atoms with van der Waals surface area (Å²) in [5, 5.41) is 9.86. The largest absolute Gasteiger partial charge is 0.508 e. The summed E-state index contributed by atoms with van der Waals surface area (Å²) < 4.78 is 20.7. The Kier molecular flexibility index (Phi) is 4.71. The number of anilines is 1. The zero-order valence-corrected chi connectivity index (χ0v) is 16.3. The number of ether oxygens (including phenoxy) is 1. The Bertz CT molecular complexity index is 998. The number of phenolic OH excluding ortho intramolecular Hbond substituents is 1. The average Bonchev–Trinajstić information content (AvgIpc) is 2.69. The Labute approximate surface area is 165 Å². The van der Waals surface area contributed by atoms with Crippen LogP contribution >= 0.6 is 0 Å². The molecule has 0 fully saturated rings. The summed E-state index contributed by atoms with van der Waals surface area (Å²) in [4.78, 5) is 2.05. The van der Waals surface area contributed by atoms with E-state index in [0.29, 0.717) is 17.9 Å². The van der Waals surface area contributed by atoms with E-state index in [1.54, 1.807) is 18.2 Å². The van der Waals surface area contributed by atoms with Crippen LogP contribution in [0.3, 0.4) is 0 Å². The highest BCUT2D eigenvalue weighted by Crippen LogP contribution is 2.47. The third kappa shape index (κ3) is 3.31. The number of phenols is 1. The fraction of sp³-hybridized carbons (Fsp3) is 0.250. The van der Waals surface area contributed by atoms with Gasteiger partial charge in [-0.2, -0.15) is 0 Å². The van der Waals surface area contributed by atoms with Gasteiger partial charge in [-0.3, -0.25) is 0 Å². The number of hydrogen-bond acceptors (Lipinski definition) is 3. The van der Waals surface area contributed by atoms with Crippen molar-refractivity contribution in [1.82, 2.24) is 0 Å². The molecule has 2 unspecified atom stereocenters. The van der Waals surface area contributed by atoms with Gasteiger partial charge in [0.2, 0.25) is 0 Å². The number of fused-ring (bicyclic) bond motifs is 1. The molecule has 0 saturated heterocycles. The van der Waals surface area contributed by atoms with Gasteiger partial charge in [0.1, 0.15) is 17.3 Å². The van der Waals surface area contributed by atoms with Gasteiger partial charge in [-0.1, -0.05) is 35.9 Å². The highest BCUT2D eigenvalue weighted by molar-refractivity contribution is 5.53. The monoisotopic (exact) mass is 377 g/mol. The Hall–Kier alpha value is -3.01. The van der Waals surface area contributed by atoms with Gasteiger partial charge in [0.05, 0.1) is 6.61 Å². The van der Waals surface area contributed by atoms with E-state index in [1.807, 2.05) is 33.2 Å². The molecule has 1 N–H and O–H groups in total. The van der Waals surface area contributed by atoms with E-state index in [-0.39, 0.29) is 23.4 Å². The van der Waals surface area contributed by atoms with Crippen molar-refractivity contribution in [2.75, 3.05) is 25.6 Å². The molecule has 3 nitrogen and oxygen atoms in total. The predicted molar refractivity (Wildman–Crippen MR) is 110 cm³/mol. The van der Waals surface area contributed by atoms with Crippen molar-refractivity contribution in [3.05, 3.63) is 88.7 Å². The van der Waals surface area contributed by atoms with Gasteiger partial charge in [-0.05, 0) is 42.3 Å². The molecule has 0 amide bonds. The van der Waals surface area contributed by atoms with E-state index < -0.39 is 0 Å². The van der Waals surface area contributed by atoms with Crippen molar-refractivity contribution >= 4 is 5.69 Å². The lowest BCUT2D eigenvalue weighted by molar-refractivity contribution is 0.245. The fourth-order valence-electron chi connectivity index (χ4n) is 4.01. The third-order valence-electron chi connectivity index (χ3n) is 5.47. The molecule has 0 saturated carbocycles. The second-order valence-electron chi connectivity index (χ2n) is 7.63. The summed E-state index contributed by atoms with van der Waals surface area (Å²) in [5.41, 5.74) is 4.87. The van der Waals surface area contributed by atoms with E-state index in [4.69, 9.17) is 4.74 Å². The van der Waals surface area contributed by atoms with E-state index in [9.17, 15) is 9.50 Å². The SMILES string of the molecule is Cc1ccc(F)c(C2COc3cc(O)ccc3C2c2ccc(N(C)C)cc2)c1. The molecule has 0 radical (unpaired) electrons. The van der Waals surface area contributed by atoms with E-state index >= 15 is 0 Å². The zero-order valence-electron chi connectivity index (χ0n) is 16.3. The first-order valence-corrected chi connectivity index (χ1v) is 9.43. The molecule has 0 bridgehead atoms. The standard InChI is InChI=1S/C24H24FNO2/c1-15-4-11-22(25)20(12-15)21-14-28-23-13-18(27)9-10-19(23)24(21)16-5-7-17(8-6-16)26(2)3/h4-13,21,24,27H,14H2,1-3H3. The number of benzene rings is 3. The van der Waals surface area contributed by atoms with Gasteiger partial charge in [0, 0.05) is 43.2 Å². The third-order valence-corrected chi connectivity index (χ3v) is 5.47. The van der Waals surface area contributed by atoms with E-state index in [2.05, 4.69) is 29.2 Å². The summed E-state index contributed by atoms with van der Waals surface area (Å²) in [7, 11) is 4.01. The second-order valence-corrected chi connectivity index (χ2v) is 7.63. The number of hydrogen-bond donors (Lipinski definition) is 1. The number of aromatic hydroxyl groups is 1. The van der Waals surface area contributed by atoms with E-state index in [0.717, 1.165) is 22.4 Å². The molecule has 1 aliphatic rings. The Morgan fingerprint density at radius 3 is 2.43 bits per heavy atom. The Balaban J connectivity index is 1.86. The van der Waals surface area contributed by atoms with Crippen molar-refractivity contribution in [3.8, 4) is 11.5 Å². The van der Waals surface area contributed by atoms with Crippen molar-refractivity contribution in [2.24, 2.45) is 0 Å². The molecule has 3 aromatic carbocycles. The minimum absolute atomic E-state index is 0.0585. The minimum Gasteiger partial charge on any atom is -0.508 e. The van der Waals surface area contributed by atoms with Crippen LogP contribution in [-0.4, -0.2) is 25.8 Å². The highest BCUT2D eigenvalue weighted by atomic mass is 19.1. The first-order valence-electron chi connectivity index (χ1n) is 9.43. The fourth-order valence-corrected chi connectivity index (χ4v) is 4.01. The smallest absolute Gasteiger partial charge is 0.126 e. The summed E-state index contributed by atoms with van der Waals surface area (Å²) in [6.07, 6.45) is 0. The maximum Gasteiger partial charge on any atom is 0.126 e. The van der Waals surface area contributed by atoms with Crippen LogP contribution in [0.25, 0.3) is 0 Å². The van der Waals surface area contributed by atoms with Gasteiger partial charge in [-0.25, -0.2) is 4.39 Å². The first kappa shape index (κ1) is 18.4. The molecule has 4 heteroatoms. The van der Waals surface area contributed by atoms with Gasteiger partial charge in [0.15, 0.2) is 0 Å². The number of nitrogens with zero attached hydrogens (tertiary/aromatic N) is 1. The molecule has 144 valence electrons. The summed E-state index contributed by atoms with van der Waals surface area (Å²) in [5.74, 6) is 0.405. The number of rotatable bonds is 3. The molecule has 0 spiro atoms. The van der Waals surface area contributed by atoms with Crippen LogP contribution in [0, 0.1) is 12.7 Å². The first-order chi connectivity index (χ1) is 13.4. The van der Waals surface area contributed by atoms with Crippen LogP contribution in [-0.2, 0) is 0 Å². The molecule has 0 aliphatic carbocycles. The van der Waals surface area contributed by atoms with Crippen molar-refractivity contribution in [3.63, 3.8) is 0 Å². The van der Waals surface area contributed by atoms with Crippen LogP contribution in [0.2, 0.25) is 0 Å². The lowest BCUT2D eigenvalue weighted by Gasteiger charge is -2.35.